The number of nitrogens with one attached hydrogen (secondary N) is 1. The summed E-state index contributed by atoms with van der Waals surface area (Å²) in [5.74, 6) is 0.982. The van der Waals surface area contributed by atoms with Gasteiger partial charge in [0.15, 0.2) is 0 Å². The molecule has 1 aromatic rings. The van der Waals surface area contributed by atoms with Gasteiger partial charge in [0.1, 0.15) is 5.75 Å². The van der Waals surface area contributed by atoms with Crippen LogP contribution in [-0.4, -0.2) is 38.2 Å². The minimum Gasteiger partial charge on any atom is -0.497 e. The summed E-state index contributed by atoms with van der Waals surface area (Å²) in [7, 11) is 4.00. The highest BCUT2D eigenvalue weighted by Crippen LogP contribution is 2.38. The van der Waals surface area contributed by atoms with Gasteiger partial charge >= 0.3 is 0 Å². The Morgan fingerprint density at radius 3 is 2.82 bits per heavy atom. The summed E-state index contributed by atoms with van der Waals surface area (Å²) in [6, 6.07) is 7.80. The molecule has 1 fully saturated rings. The lowest BCUT2D eigenvalue weighted by molar-refractivity contribution is 0.127. The van der Waals surface area contributed by atoms with E-state index in [-0.39, 0.29) is 0 Å². The van der Waals surface area contributed by atoms with Crippen LogP contribution in [0.2, 0.25) is 0 Å². The van der Waals surface area contributed by atoms with E-state index in [1.165, 1.54) is 24.0 Å². The van der Waals surface area contributed by atoms with E-state index in [1.807, 2.05) is 0 Å². The first-order chi connectivity index (χ1) is 8.29. The fourth-order valence-corrected chi connectivity index (χ4v) is 2.92. The molecule has 0 radical (unpaired) electrons. The quantitative estimate of drug-likeness (QED) is 0.856. The van der Waals surface area contributed by atoms with Gasteiger partial charge in [0.2, 0.25) is 0 Å². The molecular formula is C14H20N2O. The topological polar surface area (TPSA) is 24.5 Å². The fraction of sp³-hybridized carbons (Fsp3) is 0.571. The first-order valence-corrected chi connectivity index (χ1v) is 6.39. The van der Waals surface area contributed by atoms with E-state index in [0.29, 0.717) is 12.1 Å². The van der Waals surface area contributed by atoms with Crippen LogP contribution in [0.1, 0.15) is 23.6 Å². The monoisotopic (exact) mass is 232 g/mol. The lowest BCUT2D eigenvalue weighted by Gasteiger charge is -2.39. The maximum absolute atomic E-state index is 5.34. The Morgan fingerprint density at radius 2 is 2.18 bits per heavy atom. The lowest BCUT2D eigenvalue weighted by Crippen LogP contribution is -2.56. The standard InChI is InChI=1S/C14H20N2O/c1-16(11-8-15-9-11)14-6-4-10-3-5-12(17-2)7-13(10)14/h3,5,7,11,14-15H,4,6,8-9H2,1-2H3. The molecule has 0 spiro atoms. The summed E-state index contributed by atoms with van der Waals surface area (Å²) in [4.78, 5) is 2.53. The minimum atomic E-state index is 0.576. The van der Waals surface area contributed by atoms with Crippen molar-refractivity contribution in [1.29, 1.82) is 0 Å². The summed E-state index contributed by atoms with van der Waals surface area (Å²) in [6.07, 6.45) is 2.45. The minimum absolute atomic E-state index is 0.576. The largest absolute Gasteiger partial charge is 0.497 e. The molecule has 3 rings (SSSR count). The van der Waals surface area contributed by atoms with Gasteiger partial charge in [-0.05, 0) is 43.1 Å². The van der Waals surface area contributed by atoms with Gasteiger partial charge in [-0.25, -0.2) is 0 Å². The zero-order valence-electron chi connectivity index (χ0n) is 10.6. The molecule has 0 amide bonds. The average Bonchev–Trinajstić information content (AvgIpc) is 2.68. The van der Waals surface area contributed by atoms with E-state index in [0.717, 1.165) is 18.8 Å². The molecular weight excluding hydrogens is 212 g/mol. The molecule has 1 atom stereocenters. The summed E-state index contributed by atoms with van der Waals surface area (Å²) in [5, 5.41) is 3.35. The van der Waals surface area contributed by atoms with E-state index in [2.05, 4.69) is 35.5 Å². The van der Waals surface area contributed by atoms with Gasteiger partial charge in [0.25, 0.3) is 0 Å². The van der Waals surface area contributed by atoms with Gasteiger partial charge in [0, 0.05) is 25.2 Å². The van der Waals surface area contributed by atoms with Crippen LogP contribution in [0.15, 0.2) is 18.2 Å². The normalized spacial score (nSPS) is 23.6. The summed E-state index contributed by atoms with van der Waals surface area (Å²) >= 11 is 0. The third-order valence-corrected chi connectivity index (χ3v) is 4.23. The van der Waals surface area contributed by atoms with Crippen molar-refractivity contribution in [3.05, 3.63) is 29.3 Å². The van der Waals surface area contributed by atoms with Crippen molar-refractivity contribution in [2.75, 3.05) is 27.2 Å². The second-order valence-electron chi connectivity index (χ2n) is 5.10. The number of likely N-dealkylation sites (N-methyl/N-ethyl adjacent to an activating group) is 1. The maximum Gasteiger partial charge on any atom is 0.119 e. The van der Waals surface area contributed by atoms with Crippen LogP contribution in [0.3, 0.4) is 0 Å². The number of hydrogen-bond donors (Lipinski definition) is 1. The molecule has 1 N–H and O–H groups in total. The zero-order chi connectivity index (χ0) is 11.8. The van der Waals surface area contributed by atoms with Crippen molar-refractivity contribution in [2.24, 2.45) is 0 Å². The van der Waals surface area contributed by atoms with Gasteiger partial charge in [-0.1, -0.05) is 6.07 Å². The molecule has 0 bridgehead atoms. The molecule has 0 aromatic heterocycles. The van der Waals surface area contributed by atoms with Crippen molar-refractivity contribution >= 4 is 0 Å². The molecule has 1 heterocycles. The van der Waals surface area contributed by atoms with Crippen molar-refractivity contribution in [1.82, 2.24) is 10.2 Å². The second kappa shape index (κ2) is 4.31. The van der Waals surface area contributed by atoms with Crippen molar-refractivity contribution in [3.8, 4) is 5.75 Å². The predicted molar refractivity (Wildman–Crippen MR) is 68.5 cm³/mol. The van der Waals surface area contributed by atoms with Gasteiger partial charge in [-0.2, -0.15) is 0 Å². The summed E-state index contributed by atoms with van der Waals surface area (Å²) < 4.78 is 5.34. The Labute approximate surface area is 103 Å². The molecule has 1 aliphatic heterocycles. The van der Waals surface area contributed by atoms with E-state index in [9.17, 15) is 0 Å². The highest BCUT2D eigenvalue weighted by molar-refractivity contribution is 5.41. The number of benzene rings is 1. The van der Waals surface area contributed by atoms with Crippen LogP contribution in [-0.2, 0) is 6.42 Å². The van der Waals surface area contributed by atoms with Crippen LogP contribution in [0.4, 0.5) is 0 Å². The molecule has 2 aliphatic rings. The second-order valence-corrected chi connectivity index (χ2v) is 5.10. The third kappa shape index (κ3) is 1.83. The van der Waals surface area contributed by atoms with Gasteiger partial charge in [-0.3, -0.25) is 4.90 Å². The van der Waals surface area contributed by atoms with E-state index < -0.39 is 0 Å². The van der Waals surface area contributed by atoms with Crippen LogP contribution in [0, 0.1) is 0 Å². The number of aryl methyl sites for hydroxylation is 1. The summed E-state index contributed by atoms with van der Waals surface area (Å²) in [6.45, 7) is 2.26. The van der Waals surface area contributed by atoms with E-state index in [4.69, 9.17) is 4.74 Å². The van der Waals surface area contributed by atoms with Crippen LogP contribution < -0.4 is 10.1 Å². The Hall–Kier alpha value is -1.06. The number of hydrogen-bond acceptors (Lipinski definition) is 3. The number of methoxy groups -OCH3 is 1. The molecule has 92 valence electrons. The Balaban J connectivity index is 1.85. The van der Waals surface area contributed by atoms with Crippen molar-refractivity contribution < 1.29 is 4.74 Å². The van der Waals surface area contributed by atoms with Crippen LogP contribution in [0.5, 0.6) is 5.75 Å². The molecule has 3 heteroatoms. The first kappa shape index (κ1) is 11.1. The highest BCUT2D eigenvalue weighted by Gasteiger charge is 2.32. The van der Waals surface area contributed by atoms with Gasteiger partial charge in [-0.15, -0.1) is 0 Å². The third-order valence-electron chi connectivity index (χ3n) is 4.23. The molecule has 1 unspecified atom stereocenters. The molecule has 3 nitrogen and oxygen atoms in total. The molecule has 1 aromatic carbocycles. The molecule has 1 saturated heterocycles. The van der Waals surface area contributed by atoms with Crippen molar-refractivity contribution in [2.45, 2.75) is 24.9 Å². The number of ether oxygens (including phenoxy) is 1. The van der Waals surface area contributed by atoms with Gasteiger partial charge in [0.05, 0.1) is 7.11 Å². The van der Waals surface area contributed by atoms with Crippen molar-refractivity contribution in [3.63, 3.8) is 0 Å². The Morgan fingerprint density at radius 1 is 1.35 bits per heavy atom. The maximum atomic E-state index is 5.34. The SMILES string of the molecule is COc1ccc2c(c1)C(N(C)C1CNC1)CC2. The molecule has 17 heavy (non-hydrogen) atoms. The lowest BCUT2D eigenvalue weighted by atomic mass is 10.0. The Bertz CT molecular complexity index is 415. The van der Waals surface area contributed by atoms with E-state index >= 15 is 0 Å². The molecule has 1 aliphatic carbocycles. The fourth-order valence-electron chi connectivity index (χ4n) is 2.92. The van der Waals surface area contributed by atoms with E-state index in [1.54, 1.807) is 7.11 Å². The number of rotatable bonds is 3. The number of fused-ring (bicyclic) bond motifs is 1. The zero-order valence-corrected chi connectivity index (χ0v) is 10.6. The smallest absolute Gasteiger partial charge is 0.119 e. The number of nitrogens with zero attached hydrogens (tertiary/aromatic N) is 1. The van der Waals surface area contributed by atoms with Crippen LogP contribution >= 0.6 is 0 Å². The average molecular weight is 232 g/mol. The summed E-state index contributed by atoms with van der Waals surface area (Å²) in [5.41, 5.74) is 2.97. The van der Waals surface area contributed by atoms with Gasteiger partial charge < -0.3 is 10.1 Å². The van der Waals surface area contributed by atoms with Crippen LogP contribution in [0.25, 0.3) is 0 Å². The first-order valence-electron chi connectivity index (χ1n) is 6.39. The highest BCUT2D eigenvalue weighted by atomic mass is 16.5. The molecule has 0 saturated carbocycles. The Kier molecular flexibility index (Phi) is 2.81. The predicted octanol–water partition coefficient (Wildman–Crippen LogP) is 1.59.